The van der Waals surface area contributed by atoms with E-state index in [9.17, 15) is 9.59 Å². The molecule has 3 N–H and O–H groups in total. The zero-order valence-corrected chi connectivity index (χ0v) is 19.5. The molecular formula is C22H26BrN3O3S. The molecule has 0 saturated heterocycles. The topological polar surface area (TPSA) is 79.5 Å². The van der Waals surface area contributed by atoms with Crippen molar-refractivity contribution in [3.63, 3.8) is 0 Å². The number of benzene rings is 2. The lowest BCUT2D eigenvalue weighted by molar-refractivity contribution is -0.116. The van der Waals surface area contributed by atoms with Gasteiger partial charge in [0.15, 0.2) is 5.11 Å². The number of halogens is 1. The Hall–Kier alpha value is -2.45. The van der Waals surface area contributed by atoms with Crippen LogP contribution in [0.15, 0.2) is 46.9 Å². The monoisotopic (exact) mass is 491 g/mol. The Labute approximate surface area is 190 Å². The van der Waals surface area contributed by atoms with Crippen molar-refractivity contribution >= 4 is 56.4 Å². The lowest BCUT2D eigenvalue weighted by Gasteiger charge is -2.13. The maximum atomic E-state index is 12.6. The highest BCUT2D eigenvalue weighted by molar-refractivity contribution is 9.10. The van der Waals surface area contributed by atoms with Gasteiger partial charge in [-0.3, -0.25) is 14.9 Å². The standard InChI is InChI=1S/C22H26BrN3O3S/c1-3-5-6-10-20(27)24-16-8-7-9-17(14-16)25-22(30)26-21(28)18-13-15(23)11-12-19(18)29-4-2/h7-9,11-14H,3-6,10H2,1-2H3,(H,24,27)(H2,25,26,28,30). The third-order valence-electron chi connectivity index (χ3n) is 4.12. The summed E-state index contributed by atoms with van der Waals surface area (Å²) in [5.74, 6) is 0.0843. The van der Waals surface area contributed by atoms with Crippen LogP contribution in [-0.2, 0) is 4.79 Å². The van der Waals surface area contributed by atoms with Gasteiger partial charge in [-0.15, -0.1) is 0 Å². The number of hydrogen-bond acceptors (Lipinski definition) is 4. The van der Waals surface area contributed by atoms with Gasteiger partial charge in [0.2, 0.25) is 5.91 Å². The lowest BCUT2D eigenvalue weighted by atomic mass is 10.2. The number of carbonyl (C=O) groups is 2. The molecule has 2 aromatic carbocycles. The first-order chi connectivity index (χ1) is 14.4. The largest absolute Gasteiger partial charge is 0.493 e. The van der Waals surface area contributed by atoms with Crippen LogP contribution in [0.1, 0.15) is 49.9 Å². The lowest BCUT2D eigenvalue weighted by Crippen LogP contribution is -2.34. The van der Waals surface area contributed by atoms with E-state index in [0.29, 0.717) is 35.7 Å². The molecule has 0 spiro atoms. The first-order valence-corrected chi connectivity index (χ1v) is 11.1. The van der Waals surface area contributed by atoms with Crippen molar-refractivity contribution in [1.82, 2.24) is 5.32 Å². The van der Waals surface area contributed by atoms with Crippen molar-refractivity contribution < 1.29 is 14.3 Å². The number of nitrogens with one attached hydrogen (secondary N) is 3. The molecule has 0 aliphatic rings. The number of hydrogen-bond donors (Lipinski definition) is 3. The Morgan fingerprint density at radius 1 is 1.03 bits per heavy atom. The Kier molecular flexibility index (Phi) is 9.76. The number of amides is 2. The van der Waals surface area contributed by atoms with Crippen LogP contribution in [0, 0.1) is 0 Å². The predicted octanol–water partition coefficient (Wildman–Crippen LogP) is 5.49. The molecule has 0 atom stereocenters. The van der Waals surface area contributed by atoms with Gasteiger partial charge < -0.3 is 15.4 Å². The molecule has 160 valence electrons. The molecule has 0 aliphatic heterocycles. The molecule has 0 aromatic heterocycles. The van der Waals surface area contributed by atoms with Gasteiger partial charge in [-0.05, 0) is 62.0 Å². The van der Waals surface area contributed by atoms with Gasteiger partial charge >= 0.3 is 0 Å². The normalized spacial score (nSPS) is 10.2. The summed E-state index contributed by atoms with van der Waals surface area (Å²) in [5, 5.41) is 8.65. The highest BCUT2D eigenvalue weighted by Crippen LogP contribution is 2.23. The van der Waals surface area contributed by atoms with Crippen molar-refractivity contribution in [2.75, 3.05) is 17.2 Å². The Morgan fingerprint density at radius 3 is 2.47 bits per heavy atom. The molecule has 8 heteroatoms. The summed E-state index contributed by atoms with van der Waals surface area (Å²) in [5.41, 5.74) is 1.70. The van der Waals surface area contributed by atoms with Crippen LogP contribution in [0.25, 0.3) is 0 Å². The molecule has 0 unspecified atom stereocenters. The van der Waals surface area contributed by atoms with Gasteiger partial charge in [-0.25, -0.2) is 0 Å². The molecule has 2 rings (SSSR count). The fourth-order valence-corrected chi connectivity index (χ4v) is 3.30. The van der Waals surface area contributed by atoms with Gasteiger partial charge in [0.1, 0.15) is 5.75 Å². The van der Waals surface area contributed by atoms with Gasteiger partial charge in [-0.2, -0.15) is 0 Å². The number of ether oxygens (including phenoxy) is 1. The summed E-state index contributed by atoms with van der Waals surface area (Å²) >= 11 is 8.64. The smallest absolute Gasteiger partial charge is 0.261 e. The zero-order valence-electron chi connectivity index (χ0n) is 17.1. The van der Waals surface area contributed by atoms with Gasteiger partial charge in [0, 0.05) is 22.3 Å². The van der Waals surface area contributed by atoms with Crippen LogP contribution in [0.2, 0.25) is 0 Å². The molecule has 0 fully saturated rings. The van der Waals surface area contributed by atoms with Crippen molar-refractivity contribution in [1.29, 1.82) is 0 Å². The van der Waals surface area contributed by atoms with Gasteiger partial charge in [0.05, 0.1) is 12.2 Å². The first-order valence-electron chi connectivity index (χ1n) is 9.87. The van der Waals surface area contributed by atoms with E-state index in [1.165, 1.54) is 0 Å². The SMILES string of the molecule is CCCCCC(=O)Nc1cccc(NC(=S)NC(=O)c2cc(Br)ccc2OCC)c1. The van der Waals surface area contributed by atoms with E-state index in [4.69, 9.17) is 17.0 Å². The van der Waals surface area contributed by atoms with Crippen LogP contribution in [0.4, 0.5) is 11.4 Å². The minimum atomic E-state index is -0.377. The molecule has 0 radical (unpaired) electrons. The van der Waals surface area contributed by atoms with E-state index in [-0.39, 0.29) is 16.9 Å². The third-order valence-corrected chi connectivity index (χ3v) is 4.82. The van der Waals surface area contributed by atoms with E-state index < -0.39 is 0 Å². The van der Waals surface area contributed by atoms with E-state index in [1.54, 1.807) is 42.5 Å². The Bertz CT molecular complexity index is 905. The molecule has 30 heavy (non-hydrogen) atoms. The van der Waals surface area contributed by atoms with Gasteiger partial charge in [-0.1, -0.05) is 41.8 Å². The highest BCUT2D eigenvalue weighted by Gasteiger charge is 2.15. The van der Waals surface area contributed by atoms with E-state index in [1.807, 2.05) is 6.92 Å². The summed E-state index contributed by atoms with van der Waals surface area (Å²) in [7, 11) is 0. The summed E-state index contributed by atoms with van der Waals surface area (Å²) < 4.78 is 6.28. The first kappa shape index (κ1) is 23.8. The van der Waals surface area contributed by atoms with Crippen LogP contribution in [-0.4, -0.2) is 23.5 Å². The number of rotatable bonds is 9. The number of unbranched alkanes of at least 4 members (excludes halogenated alkanes) is 2. The molecule has 6 nitrogen and oxygen atoms in total. The summed E-state index contributed by atoms with van der Waals surface area (Å²) in [6, 6.07) is 12.4. The van der Waals surface area contributed by atoms with Crippen LogP contribution in [0.5, 0.6) is 5.75 Å². The third kappa shape index (κ3) is 7.76. The molecule has 0 saturated carbocycles. The van der Waals surface area contributed by atoms with Crippen molar-refractivity contribution in [3.8, 4) is 5.75 Å². The molecule has 0 aliphatic carbocycles. The predicted molar refractivity (Wildman–Crippen MR) is 128 cm³/mol. The molecule has 0 bridgehead atoms. The second kappa shape index (κ2) is 12.3. The minimum absolute atomic E-state index is 0.0189. The summed E-state index contributed by atoms with van der Waals surface area (Å²) in [6.45, 7) is 4.40. The molecule has 0 heterocycles. The number of carbonyl (C=O) groups excluding carboxylic acids is 2. The average molecular weight is 492 g/mol. The van der Waals surface area contributed by atoms with Crippen molar-refractivity contribution in [3.05, 3.63) is 52.5 Å². The van der Waals surface area contributed by atoms with Gasteiger partial charge in [0.25, 0.3) is 5.91 Å². The van der Waals surface area contributed by atoms with E-state index in [0.717, 1.165) is 23.7 Å². The highest BCUT2D eigenvalue weighted by atomic mass is 79.9. The van der Waals surface area contributed by atoms with Crippen LogP contribution < -0.4 is 20.7 Å². The molecular weight excluding hydrogens is 466 g/mol. The number of thiocarbonyl (C=S) groups is 1. The maximum absolute atomic E-state index is 12.6. The summed E-state index contributed by atoms with van der Waals surface area (Å²) in [6.07, 6.45) is 3.47. The fourth-order valence-electron chi connectivity index (χ4n) is 2.73. The fraction of sp³-hybridized carbons (Fsp3) is 0.318. The van der Waals surface area contributed by atoms with E-state index in [2.05, 4.69) is 38.8 Å². The Balaban J connectivity index is 1.97. The van der Waals surface area contributed by atoms with Crippen LogP contribution in [0.3, 0.4) is 0 Å². The van der Waals surface area contributed by atoms with Crippen LogP contribution >= 0.6 is 28.1 Å². The summed E-state index contributed by atoms with van der Waals surface area (Å²) in [4.78, 5) is 24.6. The van der Waals surface area contributed by atoms with E-state index >= 15 is 0 Å². The average Bonchev–Trinajstić information content (AvgIpc) is 2.69. The van der Waals surface area contributed by atoms with Crippen molar-refractivity contribution in [2.45, 2.75) is 39.5 Å². The minimum Gasteiger partial charge on any atom is -0.493 e. The number of anilines is 2. The maximum Gasteiger partial charge on any atom is 0.261 e. The van der Waals surface area contributed by atoms with Crippen molar-refractivity contribution in [2.24, 2.45) is 0 Å². The second-order valence-electron chi connectivity index (χ2n) is 6.57. The molecule has 2 aromatic rings. The molecule has 2 amide bonds. The quantitative estimate of drug-likeness (QED) is 0.319. The Morgan fingerprint density at radius 2 is 1.77 bits per heavy atom. The zero-order chi connectivity index (χ0) is 21.9. The second-order valence-corrected chi connectivity index (χ2v) is 7.89.